The van der Waals surface area contributed by atoms with Crippen molar-refractivity contribution in [1.29, 1.82) is 0 Å². The smallest absolute Gasteiger partial charge is 0.319 e. The van der Waals surface area contributed by atoms with E-state index in [0.717, 1.165) is 12.1 Å². The first-order valence-corrected chi connectivity index (χ1v) is 10.3. The van der Waals surface area contributed by atoms with Crippen molar-refractivity contribution in [3.8, 4) is 5.75 Å². The van der Waals surface area contributed by atoms with Gasteiger partial charge in [0.25, 0.3) is 0 Å². The number of rotatable bonds is 7. The molecule has 9 heteroatoms. The van der Waals surface area contributed by atoms with Crippen LogP contribution in [-0.2, 0) is 15.9 Å². The molecule has 0 saturated carbocycles. The first-order valence-electron chi connectivity index (χ1n) is 10.3. The molecule has 2 aromatic rings. The average Bonchev–Trinajstić information content (AvgIpc) is 3.21. The lowest BCUT2D eigenvalue weighted by Crippen LogP contribution is -2.65. The minimum absolute atomic E-state index is 0.316. The van der Waals surface area contributed by atoms with Gasteiger partial charge in [-0.15, -0.1) is 0 Å². The molecule has 2 amide bonds. The number of pyridine rings is 1. The van der Waals surface area contributed by atoms with E-state index in [0.29, 0.717) is 24.6 Å². The summed E-state index contributed by atoms with van der Waals surface area (Å²) in [6.45, 7) is 0.978. The topological polar surface area (TPSA) is 105 Å². The standard InChI is InChI=1S/C22H28N4O5/c1-26(11-9-14-6-3-4-10-23-14)19-20(27)18(17-13-30-21(19)31-17)25-22(28)24-15-7-5-8-16(12-15)29-2/h3-8,10,12,17-21,27H,9,11,13H2,1-2H3,(H2,24,25,28)/t17-,18-,19-,20+,21-/m1/s1. The molecule has 0 radical (unpaired) electrons. The quantitative estimate of drug-likeness (QED) is 0.609. The average molecular weight is 428 g/mol. The lowest BCUT2D eigenvalue weighted by atomic mass is 9.95. The zero-order chi connectivity index (χ0) is 21.8. The lowest BCUT2D eigenvalue weighted by Gasteiger charge is -2.42. The van der Waals surface area contributed by atoms with Crippen LogP contribution in [0.1, 0.15) is 5.69 Å². The number of methoxy groups -OCH3 is 1. The van der Waals surface area contributed by atoms with E-state index < -0.39 is 36.6 Å². The minimum atomic E-state index is -0.851. The number of amides is 2. The fourth-order valence-electron chi connectivity index (χ4n) is 4.05. The van der Waals surface area contributed by atoms with Crippen molar-refractivity contribution >= 4 is 11.7 Å². The van der Waals surface area contributed by atoms with E-state index in [1.807, 2.05) is 30.1 Å². The third-order valence-electron chi connectivity index (χ3n) is 5.71. The van der Waals surface area contributed by atoms with Gasteiger partial charge in [-0.2, -0.15) is 0 Å². The molecule has 0 unspecified atom stereocenters. The summed E-state index contributed by atoms with van der Waals surface area (Å²) in [6, 6.07) is 11.4. The Labute approximate surface area is 181 Å². The predicted molar refractivity (Wildman–Crippen MR) is 114 cm³/mol. The van der Waals surface area contributed by atoms with Gasteiger partial charge in [0.05, 0.1) is 31.9 Å². The Bertz CT molecular complexity index is 883. The van der Waals surface area contributed by atoms with Crippen LogP contribution in [0.4, 0.5) is 10.5 Å². The molecular formula is C22H28N4O5. The molecular weight excluding hydrogens is 400 g/mol. The molecule has 0 spiro atoms. The summed E-state index contributed by atoms with van der Waals surface area (Å²) in [6.07, 6.45) is 0.700. The third-order valence-corrected chi connectivity index (χ3v) is 5.71. The molecule has 3 heterocycles. The Morgan fingerprint density at radius 3 is 2.97 bits per heavy atom. The van der Waals surface area contributed by atoms with E-state index in [1.54, 1.807) is 37.6 Å². The number of nitrogens with zero attached hydrogens (tertiary/aromatic N) is 2. The second-order valence-electron chi connectivity index (χ2n) is 7.77. The van der Waals surface area contributed by atoms with Gasteiger partial charge >= 0.3 is 6.03 Å². The number of carbonyl (C=O) groups is 1. The van der Waals surface area contributed by atoms with Crippen molar-refractivity contribution in [3.63, 3.8) is 0 Å². The minimum Gasteiger partial charge on any atom is -0.497 e. The van der Waals surface area contributed by atoms with Crippen molar-refractivity contribution in [2.45, 2.75) is 37.0 Å². The maximum Gasteiger partial charge on any atom is 0.319 e. The number of aliphatic hydroxyl groups excluding tert-OH is 1. The molecule has 2 aliphatic rings. The summed E-state index contributed by atoms with van der Waals surface area (Å²) in [5.41, 5.74) is 1.56. The van der Waals surface area contributed by atoms with E-state index >= 15 is 0 Å². The highest BCUT2D eigenvalue weighted by Gasteiger charge is 2.51. The molecule has 31 heavy (non-hydrogen) atoms. The van der Waals surface area contributed by atoms with Crippen molar-refractivity contribution in [2.24, 2.45) is 0 Å². The van der Waals surface area contributed by atoms with E-state index in [9.17, 15) is 9.90 Å². The first-order chi connectivity index (χ1) is 15.0. The highest BCUT2D eigenvalue weighted by molar-refractivity contribution is 5.89. The Hall–Kier alpha value is -2.72. The highest BCUT2D eigenvalue weighted by atomic mass is 16.7. The summed E-state index contributed by atoms with van der Waals surface area (Å²) in [4.78, 5) is 18.9. The molecule has 0 aliphatic carbocycles. The maximum atomic E-state index is 12.6. The van der Waals surface area contributed by atoms with Gasteiger partial charge in [0.15, 0.2) is 6.29 Å². The van der Waals surface area contributed by atoms with Crippen molar-refractivity contribution in [1.82, 2.24) is 15.2 Å². The van der Waals surface area contributed by atoms with E-state index in [2.05, 4.69) is 15.6 Å². The highest BCUT2D eigenvalue weighted by Crippen LogP contribution is 2.31. The molecule has 1 aromatic heterocycles. The SMILES string of the molecule is COc1cccc(NC(=O)N[C@H]2[C@H](O)[C@@H](N(C)CCc3ccccn3)[C@@H]3OC[C@H]2O3)c1. The van der Waals surface area contributed by atoms with Crippen molar-refractivity contribution in [2.75, 3.05) is 32.6 Å². The lowest BCUT2D eigenvalue weighted by molar-refractivity contribution is -0.176. The Morgan fingerprint density at radius 1 is 1.32 bits per heavy atom. The summed E-state index contributed by atoms with van der Waals surface area (Å²) < 4.78 is 16.9. The zero-order valence-corrected chi connectivity index (χ0v) is 17.6. The number of benzene rings is 1. The molecule has 1 aromatic carbocycles. The third kappa shape index (κ3) is 4.96. The number of hydrogen-bond acceptors (Lipinski definition) is 7. The number of ether oxygens (including phenoxy) is 3. The van der Waals surface area contributed by atoms with E-state index in [1.165, 1.54) is 0 Å². The molecule has 2 saturated heterocycles. The van der Waals surface area contributed by atoms with Crippen LogP contribution in [0.2, 0.25) is 0 Å². The van der Waals surface area contributed by atoms with Crippen molar-refractivity contribution < 1.29 is 24.1 Å². The number of hydrogen-bond donors (Lipinski definition) is 3. The number of anilines is 1. The fourth-order valence-corrected chi connectivity index (χ4v) is 4.05. The monoisotopic (exact) mass is 428 g/mol. The second kappa shape index (κ2) is 9.61. The summed E-state index contributed by atoms with van der Waals surface area (Å²) >= 11 is 0. The van der Waals surface area contributed by atoms with Crippen LogP contribution in [0.3, 0.4) is 0 Å². The summed E-state index contributed by atoms with van der Waals surface area (Å²) in [7, 11) is 3.48. The molecule has 2 aliphatic heterocycles. The van der Waals surface area contributed by atoms with Crippen LogP contribution in [0.5, 0.6) is 5.75 Å². The number of urea groups is 1. The van der Waals surface area contributed by atoms with Crippen LogP contribution in [0, 0.1) is 0 Å². The van der Waals surface area contributed by atoms with Gasteiger partial charge in [-0.25, -0.2) is 4.79 Å². The number of likely N-dealkylation sites (N-methyl/N-ethyl adjacent to an activating group) is 1. The first kappa shape index (κ1) is 21.5. The Kier molecular flexibility index (Phi) is 6.67. The zero-order valence-electron chi connectivity index (χ0n) is 17.6. The van der Waals surface area contributed by atoms with Crippen LogP contribution in [0.25, 0.3) is 0 Å². The van der Waals surface area contributed by atoms with Gasteiger partial charge < -0.3 is 30.0 Å². The van der Waals surface area contributed by atoms with Gasteiger partial charge in [0.1, 0.15) is 11.9 Å². The molecule has 2 bridgehead atoms. The number of carbonyl (C=O) groups excluding carboxylic acids is 1. The van der Waals surface area contributed by atoms with Gasteiger partial charge in [-0.3, -0.25) is 9.88 Å². The van der Waals surface area contributed by atoms with E-state index in [-0.39, 0.29) is 0 Å². The molecule has 5 atom stereocenters. The Balaban J connectivity index is 1.39. The number of fused-ring (bicyclic) bond motifs is 2. The van der Waals surface area contributed by atoms with Crippen LogP contribution < -0.4 is 15.4 Å². The molecule has 2 fully saturated rings. The largest absolute Gasteiger partial charge is 0.497 e. The summed E-state index contributed by atoms with van der Waals surface area (Å²) in [5, 5.41) is 16.7. The van der Waals surface area contributed by atoms with Gasteiger partial charge in [0.2, 0.25) is 0 Å². The van der Waals surface area contributed by atoms with Gasteiger partial charge in [0, 0.05) is 36.6 Å². The predicted octanol–water partition coefficient (Wildman–Crippen LogP) is 1.24. The molecule has 4 rings (SSSR count). The normalized spacial score (nSPS) is 27.2. The van der Waals surface area contributed by atoms with Gasteiger partial charge in [-0.05, 0) is 31.3 Å². The molecule has 166 valence electrons. The number of aromatic nitrogens is 1. The second-order valence-corrected chi connectivity index (χ2v) is 7.77. The Morgan fingerprint density at radius 2 is 2.19 bits per heavy atom. The van der Waals surface area contributed by atoms with E-state index in [4.69, 9.17) is 14.2 Å². The van der Waals surface area contributed by atoms with Crippen molar-refractivity contribution in [3.05, 3.63) is 54.4 Å². The summed E-state index contributed by atoms with van der Waals surface area (Å²) in [5.74, 6) is 0.639. The van der Waals surface area contributed by atoms with Crippen LogP contribution in [-0.4, -0.2) is 78.9 Å². The van der Waals surface area contributed by atoms with Gasteiger partial charge in [-0.1, -0.05) is 12.1 Å². The molecule has 3 N–H and O–H groups in total. The number of aliphatic hydroxyl groups is 1. The molecule has 9 nitrogen and oxygen atoms in total. The maximum absolute atomic E-state index is 12.6. The van der Waals surface area contributed by atoms with Crippen LogP contribution >= 0.6 is 0 Å². The number of nitrogens with one attached hydrogen (secondary N) is 2. The van der Waals surface area contributed by atoms with Crippen LogP contribution in [0.15, 0.2) is 48.7 Å². The fraction of sp³-hybridized carbons (Fsp3) is 0.455.